The van der Waals surface area contributed by atoms with Gasteiger partial charge in [0.1, 0.15) is 0 Å². The maximum atomic E-state index is 6.40. The van der Waals surface area contributed by atoms with E-state index in [1.807, 2.05) is 19.1 Å². The Bertz CT molecular complexity index is 547. The van der Waals surface area contributed by atoms with Gasteiger partial charge in [0.15, 0.2) is 0 Å². The van der Waals surface area contributed by atoms with Gasteiger partial charge < -0.3 is 5.32 Å². The van der Waals surface area contributed by atoms with Gasteiger partial charge >= 0.3 is 0 Å². The summed E-state index contributed by atoms with van der Waals surface area (Å²) < 4.78 is 0. The summed E-state index contributed by atoms with van der Waals surface area (Å²) >= 11 is 12.7. The minimum atomic E-state index is 0.313. The van der Waals surface area contributed by atoms with Crippen LogP contribution >= 0.6 is 23.2 Å². The molecule has 0 aliphatic heterocycles. The average Bonchev–Trinajstić information content (AvgIpc) is 2.82. The summed E-state index contributed by atoms with van der Waals surface area (Å²) in [5.41, 5.74) is 2.71. The van der Waals surface area contributed by atoms with Crippen molar-refractivity contribution in [2.24, 2.45) is 16.7 Å². The maximum Gasteiger partial charge on any atom is 0.0641 e. The first kappa shape index (κ1) is 14.5. The van der Waals surface area contributed by atoms with E-state index in [9.17, 15) is 0 Å². The van der Waals surface area contributed by atoms with Crippen LogP contribution in [-0.4, -0.2) is 6.04 Å². The molecule has 1 N–H and O–H groups in total. The van der Waals surface area contributed by atoms with Crippen molar-refractivity contribution in [2.75, 3.05) is 5.32 Å². The Labute approximate surface area is 132 Å². The van der Waals surface area contributed by atoms with E-state index in [2.05, 4.69) is 26.1 Å². The minimum absolute atomic E-state index is 0.313. The molecule has 0 heterocycles. The molecular weight excluding hydrogens is 289 g/mol. The van der Waals surface area contributed by atoms with Crippen LogP contribution in [-0.2, 0) is 0 Å². The molecule has 1 aromatic rings. The summed E-state index contributed by atoms with van der Waals surface area (Å²) in [6.45, 7) is 9.19. The highest BCUT2D eigenvalue weighted by molar-refractivity contribution is 6.35. The molecule has 1 nitrogen and oxygen atoms in total. The van der Waals surface area contributed by atoms with Gasteiger partial charge in [-0.15, -0.1) is 0 Å². The fraction of sp³-hybridized carbons (Fsp3) is 0.647. The molecular formula is C17H23Cl2N. The molecule has 110 valence electrons. The normalized spacial score (nSPS) is 34.5. The van der Waals surface area contributed by atoms with E-state index in [4.69, 9.17) is 23.2 Å². The number of aryl methyl sites for hydroxylation is 1. The smallest absolute Gasteiger partial charge is 0.0641 e. The van der Waals surface area contributed by atoms with Crippen molar-refractivity contribution in [1.82, 2.24) is 0 Å². The van der Waals surface area contributed by atoms with Crippen LogP contribution in [0.25, 0.3) is 0 Å². The van der Waals surface area contributed by atoms with Crippen LogP contribution in [0.4, 0.5) is 5.69 Å². The van der Waals surface area contributed by atoms with Gasteiger partial charge in [0, 0.05) is 11.1 Å². The third-order valence-corrected chi connectivity index (χ3v) is 6.54. The number of nitrogens with one attached hydrogen (secondary N) is 1. The number of halogens is 2. The lowest BCUT2D eigenvalue weighted by atomic mass is 9.68. The van der Waals surface area contributed by atoms with Crippen molar-refractivity contribution < 1.29 is 0 Å². The number of fused-ring (bicyclic) bond motifs is 2. The molecule has 2 fully saturated rings. The molecule has 2 aliphatic rings. The molecule has 3 atom stereocenters. The first-order valence-electron chi connectivity index (χ1n) is 7.46. The Morgan fingerprint density at radius 2 is 1.85 bits per heavy atom. The van der Waals surface area contributed by atoms with Gasteiger partial charge in [0.25, 0.3) is 0 Å². The monoisotopic (exact) mass is 311 g/mol. The van der Waals surface area contributed by atoms with E-state index in [1.165, 1.54) is 19.3 Å². The first-order valence-corrected chi connectivity index (χ1v) is 8.22. The van der Waals surface area contributed by atoms with Gasteiger partial charge in [0.2, 0.25) is 0 Å². The van der Waals surface area contributed by atoms with E-state index < -0.39 is 0 Å². The summed E-state index contributed by atoms with van der Waals surface area (Å²) in [6, 6.07) is 4.39. The van der Waals surface area contributed by atoms with E-state index in [-0.39, 0.29) is 0 Å². The van der Waals surface area contributed by atoms with Crippen molar-refractivity contribution in [1.29, 1.82) is 0 Å². The summed E-state index contributed by atoms with van der Waals surface area (Å²) in [5, 5.41) is 5.28. The molecule has 2 bridgehead atoms. The zero-order valence-corrected chi connectivity index (χ0v) is 14.2. The quantitative estimate of drug-likeness (QED) is 0.714. The Hall–Kier alpha value is -0.400. The Balaban J connectivity index is 1.93. The molecule has 0 saturated heterocycles. The second kappa shape index (κ2) is 4.55. The summed E-state index contributed by atoms with van der Waals surface area (Å²) in [7, 11) is 0. The van der Waals surface area contributed by atoms with Crippen LogP contribution in [0.5, 0.6) is 0 Å². The van der Waals surface area contributed by atoms with Crippen LogP contribution < -0.4 is 5.32 Å². The number of benzene rings is 1. The molecule has 0 radical (unpaired) electrons. The maximum absolute atomic E-state index is 6.40. The number of anilines is 1. The van der Waals surface area contributed by atoms with Crippen LogP contribution in [0, 0.1) is 23.7 Å². The Kier molecular flexibility index (Phi) is 3.30. The minimum Gasteiger partial charge on any atom is -0.380 e. The van der Waals surface area contributed by atoms with Crippen molar-refractivity contribution >= 4 is 28.9 Å². The van der Waals surface area contributed by atoms with E-state index in [1.54, 1.807) is 0 Å². The predicted octanol–water partition coefficient (Wildman–Crippen LogP) is 5.93. The molecule has 20 heavy (non-hydrogen) atoms. The zero-order valence-electron chi connectivity index (χ0n) is 12.7. The van der Waals surface area contributed by atoms with Gasteiger partial charge in [-0.1, -0.05) is 44.0 Å². The van der Waals surface area contributed by atoms with E-state index >= 15 is 0 Å². The molecule has 0 spiro atoms. The van der Waals surface area contributed by atoms with Crippen molar-refractivity contribution in [3.8, 4) is 0 Å². The van der Waals surface area contributed by atoms with Gasteiger partial charge in [-0.05, 0) is 60.6 Å². The highest BCUT2D eigenvalue weighted by Crippen LogP contribution is 2.63. The van der Waals surface area contributed by atoms with Gasteiger partial charge in [-0.2, -0.15) is 0 Å². The molecule has 0 amide bonds. The standard InChI is InChI=1S/C17H23Cl2N/c1-10-7-13(19)14(8-12(10)18)20-15-16(2,3)11-5-6-17(15,4)9-11/h7-8,11,15,20H,5-6,9H2,1-4H3/t11-,15?,17+/m0/s1. The van der Waals surface area contributed by atoms with E-state index in [0.29, 0.717) is 16.9 Å². The van der Waals surface area contributed by atoms with Crippen LogP contribution in [0.15, 0.2) is 12.1 Å². The molecule has 2 saturated carbocycles. The fourth-order valence-electron chi connectivity index (χ4n) is 4.57. The lowest BCUT2D eigenvalue weighted by molar-refractivity contribution is 0.155. The fourth-order valence-corrected chi connectivity index (χ4v) is 5.01. The van der Waals surface area contributed by atoms with Crippen molar-refractivity contribution in [3.05, 3.63) is 27.7 Å². The number of hydrogen-bond acceptors (Lipinski definition) is 1. The van der Waals surface area contributed by atoms with Crippen molar-refractivity contribution in [3.63, 3.8) is 0 Å². The molecule has 3 heteroatoms. The summed E-state index contributed by atoms with van der Waals surface area (Å²) in [6.07, 6.45) is 4.01. The SMILES string of the molecule is Cc1cc(Cl)c(NC2C(C)(C)[C@H]3CC[C@]2(C)C3)cc1Cl. The second-order valence-corrected chi connectivity index (χ2v) is 8.39. The highest BCUT2D eigenvalue weighted by atomic mass is 35.5. The number of rotatable bonds is 2. The Morgan fingerprint density at radius 1 is 1.15 bits per heavy atom. The third-order valence-electron chi connectivity index (χ3n) is 5.82. The third kappa shape index (κ3) is 2.05. The molecule has 0 aromatic heterocycles. The summed E-state index contributed by atoms with van der Waals surface area (Å²) in [4.78, 5) is 0. The van der Waals surface area contributed by atoms with Crippen molar-refractivity contribution in [2.45, 2.75) is 53.0 Å². The molecule has 3 rings (SSSR count). The van der Waals surface area contributed by atoms with E-state index in [0.717, 1.165) is 27.2 Å². The van der Waals surface area contributed by atoms with Crippen LogP contribution in [0.3, 0.4) is 0 Å². The average molecular weight is 312 g/mol. The summed E-state index contributed by atoms with van der Waals surface area (Å²) in [5.74, 6) is 0.824. The number of hydrogen-bond donors (Lipinski definition) is 1. The van der Waals surface area contributed by atoms with Crippen LogP contribution in [0.1, 0.15) is 45.6 Å². The highest BCUT2D eigenvalue weighted by Gasteiger charge is 2.59. The molecule has 2 aliphatic carbocycles. The van der Waals surface area contributed by atoms with Gasteiger partial charge in [-0.3, -0.25) is 0 Å². The van der Waals surface area contributed by atoms with Crippen LogP contribution in [0.2, 0.25) is 10.0 Å². The first-order chi connectivity index (χ1) is 9.24. The Morgan fingerprint density at radius 3 is 2.45 bits per heavy atom. The topological polar surface area (TPSA) is 12.0 Å². The molecule has 1 aromatic carbocycles. The van der Waals surface area contributed by atoms with Gasteiger partial charge in [-0.25, -0.2) is 0 Å². The predicted molar refractivity (Wildman–Crippen MR) is 87.8 cm³/mol. The lowest BCUT2D eigenvalue weighted by Gasteiger charge is -2.43. The zero-order chi connectivity index (χ0) is 14.7. The lowest BCUT2D eigenvalue weighted by Crippen LogP contribution is -2.45. The molecule has 1 unspecified atom stereocenters. The largest absolute Gasteiger partial charge is 0.380 e. The second-order valence-electron chi connectivity index (χ2n) is 7.57. The van der Waals surface area contributed by atoms with Gasteiger partial charge in [0.05, 0.1) is 10.7 Å².